The quantitative estimate of drug-likeness (QED) is 0.0899. The van der Waals surface area contributed by atoms with Crippen LogP contribution in [0.4, 0.5) is 0 Å². The lowest BCUT2D eigenvalue weighted by atomic mass is 10.0. The highest BCUT2D eigenvalue weighted by Gasteiger charge is 2.19. The Morgan fingerprint density at radius 3 is 1.61 bits per heavy atom. The van der Waals surface area contributed by atoms with Crippen molar-refractivity contribution in [2.24, 2.45) is 16.5 Å². The Morgan fingerprint density at radius 1 is 0.667 bits per heavy atom. The van der Waals surface area contributed by atoms with E-state index in [0.717, 1.165) is 19.3 Å². The Kier molecular flexibility index (Phi) is 22.4. The molecule has 0 bridgehead atoms. The van der Waals surface area contributed by atoms with E-state index in [2.05, 4.69) is 17.2 Å². The number of nitrogens with two attached hydrogens (primary N) is 2. The molecule has 0 aliphatic heterocycles. The van der Waals surface area contributed by atoms with Crippen LogP contribution in [0.25, 0.3) is 0 Å². The molecule has 33 heavy (non-hydrogen) atoms. The molecular formula is C27H54N4O2. The van der Waals surface area contributed by atoms with E-state index in [1.54, 1.807) is 0 Å². The van der Waals surface area contributed by atoms with E-state index < -0.39 is 6.04 Å². The van der Waals surface area contributed by atoms with Crippen LogP contribution < -0.4 is 16.8 Å². The maximum Gasteiger partial charge on any atom is 0.220 e. The third-order valence-corrected chi connectivity index (χ3v) is 6.17. The number of nitrogens with one attached hydrogen (secondary N) is 1. The Morgan fingerprint density at radius 2 is 1.15 bits per heavy atom. The largest absolute Gasteiger partial charge is 0.370 e. The molecule has 1 unspecified atom stereocenters. The first kappa shape index (κ1) is 31.4. The summed E-state index contributed by atoms with van der Waals surface area (Å²) in [6, 6.07) is -0.414. The van der Waals surface area contributed by atoms with Crippen LogP contribution in [-0.4, -0.2) is 30.2 Å². The first-order valence-electron chi connectivity index (χ1n) is 13.9. The SMILES string of the molecule is CCCCCCCCCCCCCCCCCC(=O)NC(CCCN=C(N)N)C(=O)CCC. The van der Waals surface area contributed by atoms with Crippen LogP contribution in [-0.2, 0) is 9.59 Å². The molecule has 0 aliphatic rings. The molecule has 6 nitrogen and oxygen atoms in total. The minimum Gasteiger partial charge on any atom is -0.370 e. The molecule has 0 rings (SSSR count). The second-order valence-corrected chi connectivity index (χ2v) is 9.48. The van der Waals surface area contributed by atoms with Gasteiger partial charge in [0.2, 0.25) is 5.91 Å². The van der Waals surface area contributed by atoms with Crippen molar-refractivity contribution in [3.05, 3.63) is 0 Å². The molecule has 0 radical (unpaired) electrons. The summed E-state index contributed by atoms with van der Waals surface area (Å²) in [4.78, 5) is 28.6. The van der Waals surface area contributed by atoms with E-state index in [-0.39, 0.29) is 17.6 Å². The van der Waals surface area contributed by atoms with Gasteiger partial charge in [-0.25, -0.2) is 0 Å². The Bertz CT molecular complexity index is 504. The summed E-state index contributed by atoms with van der Waals surface area (Å²) < 4.78 is 0. The van der Waals surface area contributed by atoms with Crippen LogP contribution in [0.1, 0.15) is 142 Å². The van der Waals surface area contributed by atoms with E-state index in [0.29, 0.717) is 32.2 Å². The number of hydrogen-bond donors (Lipinski definition) is 3. The van der Waals surface area contributed by atoms with E-state index in [1.807, 2.05) is 6.92 Å². The molecule has 0 aromatic rings. The van der Waals surface area contributed by atoms with E-state index in [9.17, 15) is 9.59 Å². The van der Waals surface area contributed by atoms with Crippen molar-refractivity contribution in [3.63, 3.8) is 0 Å². The molecule has 5 N–H and O–H groups in total. The molecule has 0 spiro atoms. The van der Waals surface area contributed by atoms with E-state index in [1.165, 1.54) is 83.5 Å². The summed E-state index contributed by atoms with van der Waals surface area (Å²) in [5.74, 6) is 0.150. The summed E-state index contributed by atoms with van der Waals surface area (Å²) in [7, 11) is 0. The monoisotopic (exact) mass is 466 g/mol. The van der Waals surface area contributed by atoms with Gasteiger partial charge in [0.05, 0.1) is 6.04 Å². The average molecular weight is 467 g/mol. The van der Waals surface area contributed by atoms with Gasteiger partial charge in [0.15, 0.2) is 11.7 Å². The van der Waals surface area contributed by atoms with Gasteiger partial charge in [-0.05, 0) is 25.7 Å². The molecule has 0 saturated heterocycles. The first-order chi connectivity index (χ1) is 16.0. The normalized spacial score (nSPS) is 11.8. The van der Waals surface area contributed by atoms with Gasteiger partial charge in [-0.15, -0.1) is 0 Å². The predicted molar refractivity (Wildman–Crippen MR) is 141 cm³/mol. The van der Waals surface area contributed by atoms with E-state index >= 15 is 0 Å². The lowest BCUT2D eigenvalue weighted by Crippen LogP contribution is -2.40. The summed E-state index contributed by atoms with van der Waals surface area (Å²) in [6.45, 7) is 4.73. The maximum absolute atomic E-state index is 12.3. The fourth-order valence-electron chi connectivity index (χ4n) is 4.16. The topological polar surface area (TPSA) is 111 Å². The van der Waals surface area contributed by atoms with Gasteiger partial charge in [0.25, 0.3) is 0 Å². The van der Waals surface area contributed by atoms with Crippen molar-refractivity contribution < 1.29 is 9.59 Å². The van der Waals surface area contributed by atoms with Crippen LogP contribution >= 0.6 is 0 Å². The Hall–Kier alpha value is -1.59. The number of rotatable bonds is 24. The summed E-state index contributed by atoms with van der Waals surface area (Å²) in [5, 5.41) is 2.94. The fourth-order valence-corrected chi connectivity index (χ4v) is 4.16. The molecule has 1 atom stereocenters. The standard InChI is InChI=1S/C27H54N4O2/c1-3-5-6-7-8-9-10-11-12-13-14-15-16-17-18-22-26(33)31-24(25(32)20-4-2)21-19-23-30-27(28)29/h24H,3-23H2,1-2H3,(H,31,33)(H4,28,29,30). The first-order valence-corrected chi connectivity index (χ1v) is 13.9. The third kappa shape index (κ3) is 22.0. The minimum absolute atomic E-state index is 0.0130. The Balaban J connectivity index is 3.72. The van der Waals surface area contributed by atoms with Gasteiger partial charge < -0.3 is 16.8 Å². The number of carbonyl (C=O) groups excluding carboxylic acids is 2. The van der Waals surface area contributed by atoms with E-state index in [4.69, 9.17) is 11.5 Å². The number of ketones is 1. The lowest BCUT2D eigenvalue weighted by molar-refractivity contribution is -0.128. The molecule has 1 amide bonds. The highest BCUT2D eigenvalue weighted by molar-refractivity contribution is 5.88. The lowest BCUT2D eigenvalue weighted by Gasteiger charge is -2.17. The summed E-state index contributed by atoms with van der Waals surface area (Å²) in [6.07, 6.45) is 22.7. The smallest absolute Gasteiger partial charge is 0.220 e. The highest BCUT2D eigenvalue weighted by atomic mass is 16.2. The number of guanidine groups is 1. The van der Waals surface area contributed by atoms with Crippen molar-refractivity contribution in [2.75, 3.05) is 6.54 Å². The molecule has 0 heterocycles. The zero-order valence-electron chi connectivity index (χ0n) is 21.8. The van der Waals surface area contributed by atoms with Crippen LogP contribution in [0, 0.1) is 0 Å². The number of Topliss-reactive ketones (excluding diaryl/α,β-unsaturated/α-hetero) is 1. The summed E-state index contributed by atoms with van der Waals surface area (Å²) >= 11 is 0. The van der Waals surface area contributed by atoms with Crippen LogP contribution in [0.15, 0.2) is 4.99 Å². The van der Waals surface area contributed by atoms with Crippen LogP contribution in [0.2, 0.25) is 0 Å². The highest BCUT2D eigenvalue weighted by Crippen LogP contribution is 2.14. The number of nitrogens with zero attached hydrogens (tertiary/aromatic N) is 1. The maximum atomic E-state index is 12.3. The van der Waals surface area contributed by atoms with Gasteiger partial charge >= 0.3 is 0 Å². The molecule has 0 aliphatic carbocycles. The molecule has 194 valence electrons. The Labute approximate surface area is 204 Å². The van der Waals surface area contributed by atoms with Gasteiger partial charge in [0, 0.05) is 19.4 Å². The number of aliphatic imine (C=N–C) groups is 1. The number of unbranched alkanes of at least 4 members (excludes halogenated alkanes) is 14. The molecular weight excluding hydrogens is 412 g/mol. The van der Waals surface area contributed by atoms with Crippen molar-refractivity contribution >= 4 is 17.6 Å². The minimum atomic E-state index is -0.414. The van der Waals surface area contributed by atoms with Gasteiger partial charge in [0.1, 0.15) is 0 Å². The molecule has 6 heteroatoms. The number of amides is 1. The van der Waals surface area contributed by atoms with Crippen molar-refractivity contribution in [1.29, 1.82) is 0 Å². The van der Waals surface area contributed by atoms with Gasteiger partial charge in [-0.3, -0.25) is 14.6 Å². The molecule has 0 aromatic heterocycles. The second-order valence-electron chi connectivity index (χ2n) is 9.48. The number of hydrogen-bond acceptors (Lipinski definition) is 3. The van der Waals surface area contributed by atoms with Gasteiger partial charge in [-0.1, -0.05) is 104 Å². The predicted octanol–water partition coefficient (Wildman–Crippen LogP) is 6.16. The van der Waals surface area contributed by atoms with Crippen molar-refractivity contribution in [1.82, 2.24) is 5.32 Å². The van der Waals surface area contributed by atoms with Crippen molar-refractivity contribution in [2.45, 2.75) is 148 Å². The molecule has 0 saturated carbocycles. The van der Waals surface area contributed by atoms with Crippen molar-refractivity contribution in [3.8, 4) is 0 Å². The number of carbonyl (C=O) groups is 2. The van der Waals surface area contributed by atoms with Crippen LogP contribution in [0.3, 0.4) is 0 Å². The summed E-state index contributed by atoms with van der Waals surface area (Å²) in [5.41, 5.74) is 10.7. The molecule has 0 aromatic carbocycles. The zero-order valence-corrected chi connectivity index (χ0v) is 21.8. The average Bonchev–Trinajstić information content (AvgIpc) is 2.78. The van der Waals surface area contributed by atoms with Gasteiger partial charge in [-0.2, -0.15) is 0 Å². The zero-order chi connectivity index (χ0) is 24.6. The fraction of sp³-hybridized carbons (Fsp3) is 0.889. The third-order valence-electron chi connectivity index (χ3n) is 6.17. The second kappa shape index (κ2) is 23.6. The van der Waals surface area contributed by atoms with Crippen LogP contribution in [0.5, 0.6) is 0 Å². The molecule has 0 fully saturated rings.